The van der Waals surface area contributed by atoms with Crippen LogP contribution in [0.1, 0.15) is 45.5 Å². The average Bonchev–Trinajstić information content (AvgIpc) is 3.07. The molecule has 1 saturated heterocycles. The Bertz CT molecular complexity index is 635. The van der Waals surface area contributed by atoms with Crippen LogP contribution in [0.5, 0.6) is 0 Å². The van der Waals surface area contributed by atoms with E-state index in [4.69, 9.17) is 0 Å². The van der Waals surface area contributed by atoms with Gasteiger partial charge in [-0.05, 0) is 37.8 Å². The molecule has 0 spiro atoms. The first-order valence-corrected chi connectivity index (χ1v) is 7.83. The summed E-state index contributed by atoms with van der Waals surface area (Å²) in [6, 6.07) is 8.55. The van der Waals surface area contributed by atoms with Crippen molar-refractivity contribution in [1.29, 1.82) is 0 Å². The first-order valence-electron chi connectivity index (χ1n) is 6.95. The molecular formula is C16H18N2OS. The summed E-state index contributed by atoms with van der Waals surface area (Å²) in [5.41, 5.74) is 3.12. The van der Waals surface area contributed by atoms with Gasteiger partial charge >= 0.3 is 0 Å². The Morgan fingerprint density at radius 1 is 1.35 bits per heavy atom. The summed E-state index contributed by atoms with van der Waals surface area (Å²) < 4.78 is 0. The molecule has 1 aromatic heterocycles. The summed E-state index contributed by atoms with van der Waals surface area (Å²) in [7, 11) is 0. The van der Waals surface area contributed by atoms with Crippen LogP contribution >= 0.6 is 11.3 Å². The number of thiazole rings is 1. The van der Waals surface area contributed by atoms with Crippen LogP contribution in [0.2, 0.25) is 0 Å². The van der Waals surface area contributed by atoms with Crippen molar-refractivity contribution in [3.8, 4) is 0 Å². The van der Waals surface area contributed by atoms with E-state index in [0.717, 1.165) is 24.4 Å². The van der Waals surface area contributed by atoms with E-state index >= 15 is 0 Å². The third kappa shape index (κ3) is 2.36. The molecule has 1 fully saturated rings. The second kappa shape index (κ2) is 5.37. The van der Waals surface area contributed by atoms with Crippen molar-refractivity contribution in [2.45, 2.75) is 32.7 Å². The lowest BCUT2D eigenvalue weighted by Gasteiger charge is -2.25. The Morgan fingerprint density at radius 3 is 2.85 bits per heavy atom. The van der Waals surface area contributed by atoms with Gasteiger partial charge in [-0.15, -0.1) is 11.3 Å². The van der Waals surface area contributed by atoms with Crippen LogP contribution in [0.25, 0.3) is 0 Å². The van der Waals surface area contributed by atoms with Crippen LogP contribution in [0.15, 0.2) is 29.6 Å². The number of benzene rings is 1. The fourth-order valence-electron chi connectivity index (χ4n) is 2.90. The molecule has 1 aliphatic heterocycles. The summed E-state index contributed by atoms with van der Waals surface area (Å²) in [6.07, 6.45) is 2.10. The first kappa shape index (κ1) is 13.3. The lowest BCUT2D eigenvalue weighted by Crippen LogP contribution is -2.31. The maximum Gasteiger partial charge on any atom is 0.273 e. The molecule has 1 aromatic carbocycles. The molecule has 0 bridgehead atoms. The summed E-state index contributed by atoms with van der Waals surface area (Å²) in [5, 5.41) is 2.81. The zero-order chi connectivity index (χ0) is 14.1. The van der Waals surface area contributed by atoms with Crippen LogP contribution < -0.4 is 0 Å². The SMILES string of the molecule is Cc1nc(C(=O)N2CCC[C@H]2c2ccccc2C)cs1. The normalized spacial score (nSPS) is 18.5. The van der Waals surface area contributed by atoms with Crippen molar-refractivity contribution in [2.75, 3.05) is 6.54 Å². The maximum absolute atomic E-state index is 12.6. The molecule has 104 valence electrons. The predicted octanol–water partition coefficient (Wildman–Crippen LogP) is 3.74. The lowest BCUT2D eigenvalue weighted by atomic mass is 9.99. The summed E-state index contributed by atoms with van der Waals surface area (Å²) >= 11 is 1.53. The minimum Gasteiger partial charge on any atom is -0.330 e. The molecule has 0 N–H and O–H groups in total. The highest BCUT2D eigenvalue weighted by atomic mass is 32.1. The Labute approximate surface area is 123 Å². The van der Waals surface area contributed by atoms with Gasteiger partial charge < -0.3 is 4.90 Å². The molecule has 3 nitrogen and oxygen atoms in total. The van der Waals surface area contributed by atoms with Crippen LogP contribution in [0.3, 0.4) is 0 Å². The highest BCUT2D eigenvalue weighted by Crippen LogP contribution is 2.34. The van der Waals surface area contributed by atoms with Crippen LogP contribution in [0.4, 0.5) is 0 Å². The lowest BCUT2D eigenvalue weighted by molar-refractivity contribution is 0.0730. The van der Waals surface area contributed by atoms with Gasteiger partial charge in [0.15, 0.2) is 0 Å². The molecule has 20 heavy (non-hydrogen) atoms. The Balaban J connectivity index is 1.90. The van der Waals surface area contributed by atoms with Crippen LogP contribution in [-0.4, -0.2) is 22.3 Å². The number of hydrogen-bond acceptors (Lipinski definition) is 3. The van der Waals surface area contributed by atoms with Crippen molar-refractivity contribution in [3.63, 3.8) is 0 Å². The number of carbonyl (C=O) groups excluding carboxylic acids is 1. The standard InChI is InChI=1S/C16H18N2OS/c1-11-6-3-4-7-13(11)15-8-5-9-18(15)16(19)14-10-20-12(2)17-14/h3-4,6-7,10,15H,5,8-9H2,1-2H3/t15-/m0/s1. The van der Waals surface area contributed by atoms with Crippen molar-refractivity contribution in [2.24, 2.45) is 0 Å². The van der Waals surface area contributed by atoms with Crippen LogP contribution in [-0.2, 0) is 0 Å². The number of aryl methyl sites for hydroxylation is 2. The summed E-state index contributed by atoms with van der Waals surface area (Å²) in [4.78, 5) is 18.9. The van der Waals surface area contributed by atoms with E-state index in [-0.39, 0.29) is 11.9 Å². The molecule has 0 radical (unpaired) electrons. The second-order valence-corrected chi connectivity index (χ2v) is 6.33. The number of amides is 1. The summed E-state index contributed by atoms with van der Waals surface area (Å²) in [5.74, 6) is 0.0695. The van der Waals surface area contributed by atoms with Gasteiger partial charge in [0.2, 0.25) is 0 Å². The molecule has 2 heterocycles. The van der Waals surface area contributed by atoms with E-state index in [9.17, 15) is 4.79 Å². The van der Waals surface area contributed by atoms with Gasteiger partial charge in [-0.3, -0.25) is 4.79 Å². The van der Waals surface area contributed by atoms with E-state index in [1.165, 1.54) is 22.5 Å². The zero-order valence-corrected chi connectivity index (χ0v) is 12.6. The molecule has 2 aromatic rings. The number of carbonyl (C=O) groups is 1. The molecule has 4 heteroatoms. The molecule has 0 aliphatic carbocycles. The highest BCUT2D eigenvalue weighted by molar-refractivity contribution is 7.09. The van der Waals surface area contributed by atoms with Crippen molar-refractivity contribution in [3.05, 3.63) is 51.5 Å². The van der Waals surface area contributed by atoms with Gasteiger partial charge in [-0.25, -0.2) is 4.98 Å². The summed E-state index contributed by atoms with van der Waals surface area (Å²) in [6.45, 7) is 4.88. The van der Waals surface area contributed by atoms with Crippen molar-refractivity contribution >= 4 is 17.2 Å². The molecule has 0 saturated carbocycles. The van der Waals surface area contributed by atoms with Gasteiger partial charge in [-0.1, -0.05) is 24.3 Å². The largest absolute Gasteiger partial charge is 0.330 e. The minimum absolute atomic E-state index is 0.0695. The number of likely N-dealkylation sites (tertiary alicyclic amines) is 1. The topological polar surface area (TPSA) is 33.2 Å². The Kier molecular flexibility index (Phi) is 3.57. The fraction of sp³-hybridized carbons (Fsp3) is 0.375. The van der Waals surface area contributed by atoms with E-state index in [0.29, 0.717) is 5.69 Å². The minimum atomic E-state index is 0.0695. The Hall–Kier alpha value is -1.68. The van der Waals surface area contributed by atoms with Gasteiger partial charge in [0, 0.05) is 11.9 Å². The van der Waals surface area contributed by atoms with Gasteiger partial charge in [-0.2, -0.15) is 0 Å². The Morgan fingerprint density at radius 2 is 2.15 bits per heavy atom. The fourth-order valence-corrected chi connectivity index (χ4v) is 3.49. The highest BCUT2D eigenvalue weighted by Gasteiger charge is 2.32. The average molecular weight is 286 g/mol. The number of aromatic nitrogens is 1. The van der Waals surface area contributed by atoms with Gasteiger partial charge in [0.25, 0.3) is 5.91 Å². The number of nitrogens with zero attached hydrogens (tertiary/aromatic N) is 2. The molecule has 0 unspecified atom stereocenters. The predicted molar refractivity (Wildman–Crippen MR) is 81.0 cm³/mol. The quantitative estimate of drug-likeness (QED) is 0.842. The molecular weight excluding hydrogens is 268 g/mol. The van der Waals surface area contributed by atoms with Crippen LogP contribution in [0, 0.1) is 13.8 Å². The third-order valence-corrected chi connectivity index (χ3v) is 4.67. The molecule has 1 aliphatic rings. The zero-order valence-electron chi connectivity index (χ0n) is 11.8. The van der Waals surface area contributed by atoms with Crippen molar-refractivity contribution < 1.29 is 4.79 Å². The smallest absolute Gasteiger partial charge is 0.273 e. The number of hydrogen-bond donors (Lipinski definition) is 0. The molecule has 1 atom stereocenters. The molecule has 1 amide bonds. The van der Waals surface area contributed by atoms with E-state index < -0.39 is 0 Å². The van der Waals surface area contributed by atoms with Gasteiger partial charge in [0.1, 0.15) is 5.69 Å². The van der Waals surface area contributed by atoms with E-state index in [1.54, 1.807) is 0 Å². The monoisotopic (exact) mass is 286 g/mol. The van der Waals surface area contributed by atoms with E-state index in [2.05, 4.69) is 30.1 Å². The van der Waals surface area contributed by atoms with Crippen molar-refractivity contribution in [1.82, 2.24) is 9.88 Å². The first-order chi connectivity index (χ1) is 9.66. The number of rotatable bonds is 2. The molecule has 3 rings (SSSR count). The maximum atomic E-state index is 12.6. The third-order valence-electron chi connectivity index (χ3n) is 3.90. The van der Waals surface area contributed by atoms with Gasteiger partial charge in [0.05, 0.1) is 11.0 Å². The second-order valence-electron chi connectivity index (χ2n) is 5.26. The van der Waals surface area contributed by atoms with E-state index in [1.807, 2.05) is 23.3 Å².